The van der Waals surface area contributed by atoms with Crippen molar-refractivity contribution in [3.05, 3.63) is 41.6 Å². The van der Waals surface area contributed by atoms with E-state index >= 15 is 0 Å². The van der Waals surface area contributed by atoms with Crippen LogP contribution in [-0.2, 0) is 0 Å². The van der Waals surface area contributed by atoms with E-state index in [1.165, 1.54) is 11.8 Å². The summed E-state index contributed by atoms with van der Waals surface area (Å²) in [6, 6.07) is 8.17. The van der Waals surface area contributed by atoms with Gasteiger partial charge in [-0.25, -0.2) is 4.79 Å². The van der Waals surface area contributed by atoms with Crippen LogP contribution in [0.5, 0.6) is 0 Å². The van der Waals surface area contributed by atoms with E-state index in [2.05, 4.69) is 16.3 Å². The van der Waals surface area contributed by atoms with Crippen molar-refractivity contribution < 1.29 is 9.90 Å². The molecule has 3 aromatic rings. The Hall–Kier alpha value is -2.14. The molecule has 0 amide bonds. The maximum absolute atomic E-state index is 11.1. The molecule has 1 aromatic carbocycles. The van der Waals surface area contributed by atoms with Crippen molar-refractivity contribution in [2.45, 2.75) is 6.92 Å². The number of hydrogen-bond acceptors (Lipinski definition) is 3. The van der Waals surface area contributed by atoms with Gasteiger partial charge in [-0.05, 0) is 30.0 Å². The maximum atomic E-state index is 11.1. The summed E-state index contributed by atoms with van der Waals surface area (Å²) in [4.78, 5) is 12.0. The fourth-order valence-electron chi connectivity index (χ4n) is 1.90. The number of benzene rings is 1. The third kappa shape index (κ3) is 1.69. The zero-order valence-corrected chi connectivity index (χ0v) is 10.4. The molecule has 0 aliphatic rings. The maximum Gasteiger partial charge on any atom is 0.339 e. The molecule has 90 valence electrons. The van der Waals surface area contributed by atoms with Gasteiger partial charge in [0.05, 0.1) is 16.8 Å². The molecule has 18 heavy (non-hydrogen) atoms. The molecule has 0 aliphatic carbocycles. The van der Waals surface area contributed by atoms with Crippen molar-refractivity contribution >= 4 is 27.4 Å². The minimum atomic E-state index is -0.965. The number of carboxylic acids is 1. The van der Waals surface area contributed by atoms with Crippen molar-refractivity contribution in [1.82, 2.24) is 10.2 Å². The quantitative estimate of drug-likeness (QED) is 0.741. The number of aromatic amines is 1. The Balaban J connectivity index is 2.19. The highest BCUT2D eigenvalue weighted by atomic mass is 32.1. The fraction of sp³-hybridized carbons (Fsp3) is 0.0769. The van der Waals surface area contributed by atoms with Crippen molar-refractivity contribution in [3.63, 3.8) is 0 Å². The van der Waals surface area contributed by atoms with Crippen LogP contribution in [0, 0.1) is 6.92 Å². The second-order valence-corrected chi connectivity index (χ2v) is 5.20. The Morgan fingerprint density at radius 2 is 2.22 bits per heavy atom. The number of fused-ring (bicyclic) bond motifs is 1. The van der Waals surface area contributed by atoms with Gasteiger partial charge in [0.15, 0.2) is 0 Å². The Labute approximate surface area is 107 Å². The summed E-state index contributed by atoms with van der Waals surface area (Å²) in [7, 11) is 0. The average molecular weight is 258 g/mol. The van der Waals surface area contributed by atoms with Crippen molar-refractivity contribution in [3.8, 4) is 10.6 Å². The fourth-order valence-corrected chi connectivity index (χ4v) is 3.07. The largest absolute Gasteiger partial charge is 0.478 e. The van der Waals surface area contributed by atoms with Gasteiger partial charge in [-0.1, -0.05) is 12.1 Å². The molecule has 0 fully saturated rings. The molecule has 0 saturated carbocycles. The molecule has 0 aliphatic heterocycles. The second kappa shape index (κ2) is 3.96. The van der Waals surface area contributed by atoms with Gasteiger partial charge in [-0.3, -0.25) is 5.10 Å². The lowest BCUT2D eigenvalue weighted by Crippen LogP contribution is -1.95. The standard InChI is InChI=1S/C13H10N2O2S/c1-7-2-3-8-5-11(18-10(8)4-7)12-9(13(16)17)6-14-15-12/h2-6H,1H3,(H,14,15)(H,16,17). The van der Waals surface area contributed by atoms with Gasteiger partial charge in [-0.15, -0.1) is 11.3 Å². The first-order valence-corrected chi connectivity index (χ1v) is 6.24. The van der Waals surface area contributed by atoms with Crippen LogP contribution < -0.4 is 0 Å². The van der Waals surface area contributed by atoms with E-state index in [0.29, 0.717) is 5.69 Å². The normalized spacial score (nSPS) is 10.9. The van der Waals surface area contributed by atoms with Crippen LogP contribution in [0.15, 0.2) is 30.5 Å². The van der Waals surface area contributed by atoms with Crippen LogP contribution in [0.25, 0.3) is 20.7 Å². The van der Waals surface area contributed by atoms with E-state index in [9.17, 15) is 4.79 Å². The molecule has 4 nitrogen and oxygen atoms in total. The van der Waals surface area contributed by atoms with Crippen LogP contribution in [-0.4, -0.2) is 21.3 Å². The Bertz CT molecular complexity index is 742. The first-order valence-electron chi connectivity index (χ1n) is 5.42. The lowest BCUT2D eigenvalue weighted by atomic mass is 10.1. The van der Waals surface area contributed by atoms with Gasteiger partial charge in [0.2, 0.25) is 0 Å². The lowest BCUT2D eigenvalue weighted by Gasteiger charge is -1.93. The summed E-state index contributed by atoms with van der Waals surface area (Å²) >= 11 is 1.57. The third-order valence-corrected chi connectivity index (χ3v) is 3.91. The topological polar surface area (TPSA) is 66.0 Å². The van der Waals surface area contributed by atoms with Gasteiger partial charge >= 0.3 is 5.97 Å². The lowest BCUT2D eigenvalue weighted by molar-refractivity contribution is 0.0698. The Morgan fingerprint density at radius 3 is 3.00 bits per heavy atom. The molecule has 0 bridgehead atoms. The number of aromatic nitrogens is 2. The molecule has 0 atom stereocenters. The predicted octanol–water partition coefficient (Wildman–Crippen LogP) is 3.30. The van der Waals surface area contributed by atoms with Crippen LogP contribution in [0.3, 0.4) is 0 Å². The van der Waals surface area contributed by atoms with Gasteiger partial charge in [0, 0.05) is 4.70 Å². The van der Waals surface area contributed by atoms with E-state index in [-0.39, 0.29) is 5.56 Å². The number of nitrogens with zero attached hydrogens (tertiary/aromatic N) is 1. The monoisotopic (exact) mass is 258 g/mol. The molecule has 0 radical (unpaired) electrons. The highest BCUT2D eigenvalue weighted by Crippen LogP contribution is 2.34. The highest BCUT2D eigenvalue weighted by molar-refractivity contribution is 7.22. The Kier molecular flexibility index (Phi) is 2.41. The molecule has 2 N–H and O–H groups in total. The van der Waals surface area contributed by atoms with E-state index in [1.807, 2.05) is 25.1 Å². The summed E-state index contributed by atoms with van der Waals surface area (Å²) in [5, 5.41) is 16.8. The van der Waals surface area contributed by atoms with Gasteiger partial charge in [0.1, 0.15) is 5.56 Å². The van der Waals surface area contributed by atoms with Crippen molar-refractivity contribution in [2.24, 2.45) is 0 Å². The molecule has 5 heteroatoms. The zero-order chi connectivity index (χ0) is 12.7. The molecule has 0 saturated heterocycles. The minimum Gasteiger partial charge on any atom is -0.478 e. The smallest absolute Gasteiger partial charge is 0.339 e. The number of aryl methyl sites for hydroxylation is 1. The van der Waals surface area contributed by atoms with E-state index in [4.69, 9.17) is 5.11 Å². The number of H-pyrrole nitrogens is 1. The number of rotatable bonds is 2. The Morgan fingerprint density at radius 1 is 1.39 bits per heavy atom. The van der Waals surface area contributed by atoms with Crippen molar-refractivity contribution in [2.75, 3.05) is 0 Å². The minimum absolute atomic E-state index is 0.207. The van der Waals surface area contributed by atoms with Gasteiger partial charge in [0.25, 0.3) is 0 Å². The van der Waals surface area contributed by atoms with Crippen LogP contribution in [0.1, 0.15) is 15.9 Å². The third-order valence-electron chi connectivity index (χ3n) is 2.79. The molecule has 2 aromatic heterocycles. The molecule has 0 spiro atoms. The number of nitrogens with one attached hydrogen (secondary N) is 1. The number of thiophene rings is 1. The molecule has 0 unspecified atom stereocenters. The molecule has 2 heterocycles. The first kappa shape index (κ1) is 11.0. The van der Waals surface area contributed by atoms with Gasteiger partial charge in [-0.2, -0.15) is 5.10 Å². The summed E-state index contributed by atoms with van der Waals surface area (Å²) in [5.74, 6) is -0.965. The molecular weight excluding hydrogens is 248 g/mol. The molecule has 3 rings (SSSR count). The van der Waals surface area contributed by atoms with Crippen LogP contribution in [0.4, 0.5) is 0 Å². The highest BCUT2D eigenvalue weighted by Gasteiger charge is 2.15. The van der Waals surface area contributed by atoms with Crippen LogP contribution in [0.2, 0.25) is 0 Å². The average Bonchev–Trinajstić information content (AvgIpc) is 2.93. The predicted molar refractivity (Wildman–Crippen MR) is 71.1 cm³/mol. The summed E-state index contributed by atoms with van der Waals surface area (Å²) in [6.07, 6.45) is 1.34. The van der Waals surface area contributed by atoms with E-state index in [1.54, 1.807) is 11.3 Å². The van der Waals surface area contributed by atoms with Crippen molar-refractivity contribution in [1.29, 1.82) is 0 Å². The van der Waals surface area contributed by atoms with Gasteiger partial charge < -0.3 is 5.11 Å². The first-order chi connectivity index (χ1) is 8.65. The summed E-state index contributed by atoms with van der Waals surface area (Å²) in [6.45, 7) is 2.04. The number of aromatic carboxylic acids is 1. The number of hydrogen-bond donors (Lipinski definition) is 2. The second-order valence-electron chi connectivity index (χ2n) is 4.12. The zero-order valence-electron chi connectivity index (χ0n) is 9.60. The number of carbonyl (C=O) groups is 1. The summed E-state index contributed by atoms with van der Waals surface area (Å²) in [5.41, 5.74) is 1.97. The van der Waals surface area contributed by atoms with Crippen LogP contribution >= 0.6 is 11.3 Å². The molecular formula is C13H10N2O2S. The van der Waals surface area contributed by atoms with E-state index < -0.39 is 5.97 Å². The van der Waals surface area contributed by atoms with E-state index in [0.717, 1.165) is 15.0 Å². The SMILES string of the molecule is Cc1ccc2cc(-c3[nH]ncc3C(=O)O)sc2c1. The summed E-state index contributed by atoms with van der Waals surface area (Å²) < 4.78 is 1.15. The number of carboxylic acid groups (broad SMARTS) is 1.